The van der Waals surface area contributed by atoms with Crippen molar-refractivity contribution in [3.8, 4) is 0 Å². The largest absolute Gasteiger partial charge is 0.407 e. The van der Waals surface area contributed by atoms with E-state index in [1.54, 1.807) is 0 Å². The fourth-order valence-electron chi connectivity index (χ4n) is 1.78. The minimum Gasteiger partial charge on any atom is -0.263 e. The summed E-state index contributed by atoms with van der Waals surface area (Å²) < 4.78 is 102. The Morgan fingerprint density at radius 2 is 1.68 bits per heavy atom. The lowest BCUT2D eigenvalue weighted by Crippen LogP contribution is -2.54. The molecule has 1 aromatic rings. The zero-order valence-electron chi connectivity index (χ0n) is 10.2. The molecule has 0 aliphatic carbocycles. The number of hydrazine groups is 1. The fraction of sp³-hybridized carbons (Fsp3) is 0.333. The predicted octanol–water partition coefficient (Wildman–Crippen LogP) is 1.60. The van der Waals surface area contributed by atoms with Gasteiger partial charge in [-0.1, -0.05) is 0 Å². The number of alkyl halides is 6. The van der Waals surface area contributed by atoms with Gasteiger partial charge in [-0.2, -0.15) is 34.8 Å². The van der Waals surface area contributed by atoms with Gasteiger partial charge in [0.05, 0.1) is 5.69 Å². The van der Waals surface area contributed by atoms with Crippen LogP contribution in [0.15, 0.2) is 27.8 Å². The molecule has 0 fully saturated rings. The van der Waals surface area contributed by atoms with E-state index in [-0.39, 0.29) is 5.01 Å². The molecular weight excluding hydrogens is 342 g/mol. The molecule has 6 nitrogen and oxygen atoms in total. The number of hydrogen-bond acceptors (Lipinski definition) is 5. The summed E-state index contributed by atoms with van der Waals surface area (Å²) in [6, 6.07) is 0.866. The Kier molecular flexibility index (Phi) is 3.60. The summed E-state index contributed by atoms with van der Waals surface area (Å²) in [5.74, 6) is -0.798. The molecule has 0 spiro atoms. The predicted molar refractivity (Wildman–Crippen MR) is 61.1 cm³/mol. The SMILES string of the molecule is NN1C(C(C(F)(F)F)C(F)(F)F)=NS(=O)(=O)c2cnccc21. The number of anilines is 1. The standard InChI is InChI=1S/C9H6F6N4O2S/c10-8(11,12)6(9(13,14)15)7-18-22(20,21)5-3-17-2-1-4(5)19(7)16/h1-3,6H,16H2. The van der Waals surface area contributed by atoms with E-state index in [1.165, 1.54) is 0 Å². The van der Waals surface area contributed by atoms with Gasteiger partial charge in [0.25, 0.3) is 10.0 Å². The molecule has 0 atom stereocenters. The minimum atomic E-state index is -5.82. The topological polar surface area (TPSA) is 88.6 Å². The number of pyridine rings is 1. The highest BCUT2D eigenvalue weighted by atomic mass is 32.2. The van der Waals surface area contributed by atoms with Crippen LogP contribution in [0.5, 0.6) is 0 Å². The van der Waals surface area contributed by atoms with Crippen molar-refractivity contribution in [2.24, 2.45) is 16.2 Å². The van der Waals surface area contributed by atoms with Crippen LogP contribution in [0.4, 0.5) is 32.0 Å². The minimum absolute atomic E-state index is 0.0519. The summed E-state index contributed by atoms with van der Waals surface area (Å²) in [5, 5.41) is -0.0519. The van der Waals surface area contributed by atoms with Crippen molar-refractivity contribution in [1.29, 1.82) is 0 Å². The fourth-order valence-corrected chi connectivity index (χ4v) is 2.94. The molecule has 2 rings (SSSR count). The highest BCUT2D eigenvalue weighted by Crippen LogP contribution is 2.43. The number of hydrogen-bond donors (Lipinski definition) is 1. The molecule has 122 valence electrons. The normalized spacial score (nSPS) is 18.2. The number of fused-ring (bicyclic) bond motifs is 1. The second-order valence-corrected chi connectivity index (χ2v) is 5.73. The Morgan fingerprint density at radius 1 is 1.14 bits per heavy atom. The summed E-state index contributed by atoms with van der Waals surface area (Å²) in [6.07, 6.45) is -9.96. The maximum Gasteiger partial charge on any atom is 0.407 e. The molecule has 2 heterocycles. The molecule has 0 amide bonds. The van der Waals surface area contributed by atoms with Gasteiger partial charge in [0.2, 0.25) is 5.92 Å². The number of aromatic nitrogens is 1. The zero-order chi connectivity index (χ0) is 16.9. The summed E-state index contributed by atoms with van der Waals surface area (Å²) in [7, 11) is -4.79. The first-order chi connectivity index (χ1) is 9.86. The van der Waals surface area contributed by atoms with Crippen LogP contribution in [0, 0.1) is 5.92 Å². The number of halogens is 6. The summed E-state index contributed by atoms with van der Waals surface area (Å²) in [5.41, 5.74) is -0.585. The molecule has 0 saturated carbocycles. The zero-order valence-corrected chi connectivity index (χ0v) is 11.0. The van der Waals surface area contributed by atoms with Gasteiger partial charge in [0.15, 0.2) is 5.84 Å². The third-order valence-electron chi connectivity index (χ3n) is 2.67. The lowest BCUT2D eigenvalue weighted by molar-refractivity contribution is -0.260. The van der Waals surface area contributed by atoms with Crippen molar-refractivity contribution in [1.82, 2.24) is 4.98 Å². The Hall–Kier alpha value is -1.89. The Balaban J connectivity index is 2.69. The van der Waals surface area contributed by atoms with E-state index in [9.17, 15) is 34.8 Å². The molecule has 0 unspecified atom stereocenters. The lowest BCUT2D eigenvalue weighted by Gasteiger charge is -2.32. The van der Waals surface area contributed by atoms with Crippen LogP contribution in [-0.4, -0.2) is 31.6 Å². The summed E-state index contributed by atoms with van der Waals surface area (Å²) >= 11 is 0. The first-order valence-electron chi connectivity index (χ1n) is 5.33. The first-order valence-corrected chi connectivity index (χ1v) is 6.77. The molecule has 0 aromatic carbocycles. The number of amidine groups is 1. The summed E-state index contributed by atoms with van der Waals surface area (Å²) in [4.78, 5) is 2.73. The van der Waals surface area contributed by atoms with Gasteiger partial charge in [-0.3, -0.25) is 9.99 Å². The maximum absolute atomic E-state index is 12.7. The van der Waals surface area contributed by atoms with E-state index in [4.69, 9.17) is 5.84 Å². The van der Waals surface area contributed by atoms with E-state index in [0.29, 0.717) is 0 Å². The maximum atomic E-state index is 12.7. The second-order valence-electron chi connectivity index (χ2n) is 4.15. The van der Waals surface area contributed by atoms with Crippen LogP contribution in [-0.2, 0) is 10.0 Å². The average Bonchev–Trinajstić information content (AvgIpc) is 2.32. The van der Waals surface area contributed by atoms with E-state index in [0.717, 1.165) is 18.5 Å². The molecule has 1 aliphatic rings. The average molecular weight is 348 g/mol. The van der Waals surface area contributed by atoms with Crippen LogP contribution in [0.2, 0.25) is 0 Å². The number of nitrogens with two attached hydrogens (primary N) is 1. The Morgan fingerprint density at radius 3 is 2.18 bits per heavy atom. The van der Waals surface area contributed by atoms with E-state index < -0.39 is 44.7 Å². The van der Waals surface area contributed by atoms with Gasteiger partial charge < -0.3 is 0 Å². The van der Waals surface area contributed by atoms with Crippen LogP contribution in [0.25, 0.3) is 0 Å². The van der Waals surface area contributed by atoms with Gasteiger partial charge in [0, 0.05) is 12.4 Å². The van der Waals surface area contributed by atoms with E-state index in [2.05, 4.69) is 9.38 Å². The van der Waals surface area contributed by atoms with Gasteiger partial charge in [0.1, 0.15) is 4.90 Å². The van der Waals surface area contributed by atoms with E-state index in [1.807, 2.05) is 0 Å². The lowest BCUT2D eigenvalue weighted by atomic mass is 10.1. The molecule has 13 heteroatoms. The molecule has 0 bridgehead atoms. The van der Waals surface area contributed by atoms with Crippen LogP contribution in [0.3, 0.4) is 0 Å². The highest BCUT2D eigenvalue weighted by Gasteiger charge is 2.62. The van der Waals surface area contributed by atoms with Crippen molar-refractivity contribution < 1.29 is 34.8 Å². The number of rotatable bonds is 1. The van der Waals surface area contributed by atoms with Gasteiger partial charge in [-0.25, -0.2) is 5.84 Å². The van der Waals surface area contributed by atoms with Crippen molar-refractivity contribution in [2.45, 2.75) is 17.2 Å². The molecule has 2 N–H and O–H groups in total. The smallest absolute Gasteiger partial charge is 0.263 e. The van der Waals surface area contributed by atoms with Crippen LogP contribution < -0.4 is 10.9 Å². The van der Waals surface area contributed by atoms with Crippen molar-refractivity contribution >= 4 is 21.5 Å². The van der Waals surface area contributed by atoms with E-state index >= 15 is 0 Å². The van der Waals surface area contributed by atoms with Gasteiger partial charge >= 0.3 is 12.4 Å². The van der Waals surface area contributed by atoms with Gasteiger partial charge in [-0.15, -0.1) is 4.40 Å². The Labute approximate surface area is 119 Å². The number of nitrogens with zero attached hydrogens (tertiary/aromatic N) is 3. The van der Waals surface area contributed by atoms with Crippen LogP contribution in [0.1, 0.15) is 0 Å². The third kappa shape index (κ3) is 2.72. The molecular formula is C9H6F6N4O2S. The molecule has 0 radical (unpaired) electrons. The monoisotopic (exact) mass is 348 g/mol. The highest BCUT2D eigenvalue weighted by molar-refractivity contribution is 7.90. The quantitative estimate of drug-likeness (QED) is 0.615. The molecule has 22 heavy (non-hydrogen) atoms. The second kappa shape index (κ2) is 4.81. The summed E-state index contributed by atoms with van der Waals surface area (Å²) in [6.45, 7) is 0. The first kappa shape index (κ1) is 16.5. The molecule has 0 saturated heterocycles. The van der Waals surface area contributed by atoms with Crippen molar-refractivity contribution in [3.63, 3.8) is 0 Å². The number of sulfonamides is 1. The molecule has 1 aliphatic heterocycles. The van der Waals surface area contributed by atoms with Crippen molar-refractivity contribution in [3.05, 3.63) is 18.5 Å². The third-order valence-corrected chi connectivity index (χ3v) is 3.97. The van der Waals surface area contributed by atoms with Crippen LogP contribution >= 0.6 is 0 Å². The van der Waals surface area contributed by atoms with Crippen molar-refractivity contribution in [2.75, 3.05) is 5.01 Å². The Bertz CT molecular complexity index is 712. The van der Waals surface area contributed by atoms with Gasteiger partial charge in [-0.05, 0) is 6.07 Å². The molecule has 1 aromatic heterocycles.